The monoisotopic (exact) mass is 381 g/mol. The van der Waals surface area contributed by atoms with Gasteiger partial charge in [-0.2, -0.15) is 0 Å². The van der Waals surface area contributed by atoms with Gasteiger partial charge in [-0.15, -0.1) is 21.5 Å². The molecular weight excluding hydrogens is 358 g/mol. The summed E-state index contributed by atoms with van der Waals surface area (Å²) in [7, 11) is 0. The third-order valence-corrected chi connectivity index (χ3v) is 5.10. The fraction of sp³-hybridized carbons (Fsp3) is 0.500. The van der Waals surface area contributed by atoms with Crippen molar-refractivity contribution in [3.8, 4) is 10.7 Å². The zero-order chi connectivity index (χ0) is 18.6. The van der Waals surface area contributed by atoms with E-state index in [-0.39, 0.29) is 5.91 Å². The maximum atomic E-state index is 12.2. The van der Waals surface area contributed by atoms with Crippen molar-refractivity contribution in [1.82, 2.24) is 25.4 Å². The fourth-order valence-corrected chi connectivity index (χ4v) is 3.68. The van der Waals surface area contributed by atoms with Crippen LogP contribution < -0.4 is 10.6 Å². The van der Waals surface area contributed by atoms with E-state index in [0.717, 1.165) is 10.7 Å². The molecule has 0 spiro atoms. The summed E-state index contributed by atoms with van der Waals surface area (Å²) in [6.07, 6.45) is 0. The highest BCUT2D eigenvalue weighted by molar-refractivity contribution is 8.00. The molecule has 0 saturated carbocycles. The highest BCUT2D eigenvalue weighted by atomic mass is 32.2. The molecule has 2 aromatic heterocycles. The first-order chi connectivity index (χ1) is 11.7. The third-order valence-electron chi connectivity index (χ3n) is 3.15. The number of carbonyl (C=O) groups is 2. The minimum atomic E-state index is -0.499. The second-order valence-corrected chi connectivity index (χ2v) is 8.74. The Kier molecular flexibility index (Phi) is 6.23. The Bertz CT molecular complexity index is 734. The quantitative estimate of drug-likeness (QED) is 0.777. The molecule has 0 saturated heterocycles. The average molecular weight is 382 g/mol. The van der Waals surface area contributed by atoms with Crippen molar-refractivity contribution >= 4 is 35.0 Å². The normalized spacial score (nSPS) is 12.7. The molecule has 2 N–H and O–H groups in total. The summed E-state index contributed by atoms with van der Waals surface area (Å²) in [5.74, 6) is 0.424. The van der Waals surface area contributed by atoms with Gasteiger partial charge < -0.3 is 9.88 Å². The predicted octanol–water partition coefficient (Wildman–Crippen LogP) is 3.13. The number of imide groups is 1. The van der Waals surface area contributed by atoms with E-state index >= 15 is 0 Å². The minimum absolute atomic E-state index is 0.366. The number of thiophene rings is 1. The van der Waals surface area contributed by atoms with E-state index in [0.29, 0.717) is 11.7 Å². The van der Waals surface area contributed by atoms with E-state index in [1.54, 1.807) is 18.3 Å². The first-order valence-electron chi connectivity index (χ1n) is 7.98. The average Bonchev–Trinajstić information content (AvgIpc) is 3.13. The molecule has 25 heavy (non-hydrogen) atoms. The molecule has 0 unspecified atom stereocenters. The lowest BCUT2D eigenvalue weighted by atomic mass is 10.1. The minimum Gasteiger partial charge on any atom is -0.333 e. The SMILES string of the molecule is CCn1c(S[C@H](C)C(=O)NC(=O)NC(C)(C)C)nnc1-c1cccs1. The molecule has 0 aliphatic carbocycles. The molecule has 3 amide bonds. The van der Waals surface area contributed by atoms with E-state index in [2.05, 4.69) is 20.8 Å². The third kappa shape index (κ3) is 5.30. The Morgan fingerprint density at radius 3 is 2.64 bits per heavy atom. The number of nitrogens with zero attached hydrogens (tertiary/aromatic N) is 3. The molecule has 9 heteroatoms. The van der Waals surface area contributed by atoms with Gasteiger partial charge in [0.25, 0.3) is 0 Å². The highest BCUT2D eigenvalue weighted by Gasteiger charge is 2.23. The summed E-state index contributed by atoms with van der Waals surface area (Å²) in [5, 5.41) is 15.7. The van der Waals surface area contributed by atoms with Gasteiger partial charge in [0, 0.05) is 12.1 Å². The Balaban J connectivity index is 2.04. The van der Waals surface area contributed by atoms with Crippen LogP contribution in [0.4, 0.5) is 4.79 Å². The van der Waals surface area contributed by atoms with E-state index in [1.807, 2.05) is 49.8 Å². The fourth-order valence-electron chi connectivity index (χ4n) is 2.05. The van der Waals surface area contributed by atoms with Crippen molar-refractivity contribution in [2.45, 2.75) is 57.1 Å². The van der Waals surface area contributed by atoms with Gasteiger partial charge in [-0.1, -0.05) is 17.8 Å². The van der Waals surface area contributed by atoms with Gasteiger partial charge in [-0.25, -0.2) is 4.79 Å². The molecule has 1 atom stereocenters. The molecule has 7 nitrogen and oxygen atoms in total. The standard InChI is InChI=1S/C16H23N5O2S2/c1-6-21-12(11-8-7-9-24-11)19-20-15(21)25-10(2)13(22)17-14(23)18-16(3,4)5/h7-10H,6H2,1-5H3,(H2,17,18,22,23)/t10-/m1/s1. The molecule has 0 fully saturated rings. The zero-order valence-electron chi connectivity index (χ0n) is 15.0. The number of amides is 3. The number of thioether (sulfide) groups is 1. The molecule has 136 valence electrons. The zero-order valence-corrected chi connectivity index (χ0v) is 16.6. The summed E-state index contributed by atoms with van der Waals surface area (Å²) < 4.78 is 1.97. The van der Waals surface area contributed by atoms with Crippen LogP contribution in [0, 0.1) is 0 Å². The van der Waals surface area contributed by atoms with Crippen LogP contribution in [0.15, 0.2) is 22.7 Å². The topological polar surface area (TPSA) is 88.9 Å². The van der Waals surface area contributed by atoms with E-state index in [4.69, 9.17) is 0 Å². The Morgan fingerprint density at radius 1 is 1.36 bits per heavy atom. The number of carbonyl (C=O) groups excluding carboxylic acids is 2. The maximum absolute atomic E-state index is 12.2. The van der Waals surface area contributed by atoms with E-state index in [9.17, 15) is 9.59 Å². The summed E-state index contributed by atoms with van der Waals surface area (Å²) in [6.45, 7) is 10.00. The van der Waals surface area contributed by atoms with Crippen LogP contribution in [0.5, 0.6) is 0 Å². The lowest BCUT2D eigenvalue weighted by molar-refractivity contribution is -0.119. The van der Waals surface area contributed by atoms with Crippen molar-refractivity contribution in [1.29, 1.82) is 0 Å². The van der Waals surface area contributed by atoms with Gasteiger partial charge in [0.15, 0.2) is 11.0 Å². The smallest absolute Gasteiger partial charge is 0.321 e. The van der Waals surface area contributed by atoms with Crippen molar-refractivity contribution in [3.63, 3.8) is 0 Å². The van der Waals surface area contributed by atoms with E-state index in [1.165, 1.54) is 11.8 Å². The molecule has 2 rings (SSSR count). The van der Waals surface area contributed by atoms with E-state index < -0.39 is 16.8 Å². The van der Waals surface area contributed by atoms with Crippen LogP contribution in [0.2, 0.25) is 0 Å². The first-order valence-corrected chi connectivity index (χ1v) is 9.74. The largest absolute Gasteiger partial charge is 0.333 e. The van der Waals surface area contributed by atoms with Crippen LogP contribution in [-0.2, 0) is 11.3 Å². The Labute approximate surface area is 155 Å². The molecule has 2 aromatic rings. The molecule has 0 bridgehead atoms. The van der Waals surface area contributed by atoms with Gasteiger partial charge >= 0.3 is 6.03 Å². The highest BCUT2D eigenvalue weighted by Crippen LogP contribution is 2.29. The van der Waals surface area contributed by atoms with Gasteiger partial charge in [0.2, 0.25) is 5.91 Å². The number of hydrogen-bond acceptors (Lipinski definition) is 6. The maximum Gasteiger partial charge on any atom is 0.321 e. The van der Waals surface area contributed by atoms with Crippen molar-refractivity contribution < 1.29 is 9.59 Å². The molecule has 0 aliphatic heterocycles. The lowest BCUT2D eigenvalue weighted by Crippen LogP contribution is -2.49. The van der Waals surface area contributed by atoms with Gasteiger partial charge in [-0.05, 0) is 46.1 Å². The summed E-state index contributed by atoms with van der Waals surface area (Å²) in [4.78, 5) is 25.1. The van der Waals surface area contributed by atoms with Crippen LogP contribution in [-0.4, -0.2) is 37.5 Å². The number of aromatic nitrogens is 3. The number of rotatable bonds is 5. The first kappa shape index (κ1) is 19.5. The number of urea groups is 1. The summed E-state index contributed by atoms with van der Waals surface area (Å²) in [6, 6.07) is 3.45. The Hall–Kier alpha value is -1.87. The van der Waals surface area contributed by atoms with Gasteiger partial charge in [-0.3, -0.25) is 10.1 Å². The molecule has 2 heterocycles. The molecule has 0 radical (unpaired) electrons. The Morgan fingerprint density at radius 2 is 2.08 bits per heavy atom. The number of nitrogens with one attached hydrogen (secondary N) is 2. The van der Waals surface area contributed by atoms with Gasteiger partial charge in [0.1, 0.15) is 0 Å². The second-order valence-electron chi connectivity index (χ2n) is 6.48. The van der Waals surface area contributed by atoms with Crippen LogP contribution in [0.3, 0.4) is 0 Å². The van der Waals surface area contributed by atoms with Crippen LogP contribution in [0.1, 0.15) is 34.6 Å². The molecular formula is C16H23N5O2S2. The van der Waals surface area contributed by atoms with Crippen LogP contribution >= 0.6 is 23.1 Å². The molecule has 0 aliphatic rings. The van der Waals surface area contributed by atoms with Crippen molar-refractivity contribution in [2.75, 3.05) is 0 Å². The van der Waals surface area contributed by atoms with Crippen molar-refractivity contribution in [2.24, 2.45) is 0 Å². The van der Waals surface area contributed by atoms with Gasteiger partial charge in [0.05, 0.1) is 10.1 Å². The summed E-state index contributed by atoms with van der Waals surface area (Å²) in [5.41, 5.74) is -0.404. The summed E-state index contributed by atoms with van der Waals surface area (Å²) >= 11 is 2.88. The second kappa shape index (κ2) is 8.01. The van der Waals surface area contributed by atoms with Crippen molar-refractivity contribution in [3.05, 3.63) is 17.5 Å². The lowest BCUT2D eigenvalue weighted by Gasteiger charge is -2.21. The van der Waals surface area contributed by atoms with Crippen LogP contribution in [0.25, 0.3) is 10.7 Å². The predicted molar refractivity (Wildman–Crippen MR) is 101 cm³/mol. The molecule has 0 aromatic carbocycles. The number of hydrogen-bond donors (Lipinski definition) is 2.